The number of hydrogen-bond acceptors (Lipinski definition) is 5. The zero-order chi connectivity index (χ0) is 14.3. The normalized spacial score (nSPS) is 12.8. The molecular formula is C11H22N2O5. The quantitative estimate of drug-likeness (QED) is 0.732. The van der Waals surface area contributed by atoms with Gasteiger partial charge >= 0.3 is 6.09 Å². The van der Waals surface area contributed by atoms with Crippen molar-refractivity contribution in [3.8, 4) is 0 Å². The maximum Gasteiger partial charge on any atom is 0.408 e. The SMILES string of the molecule is COC[C@@H](NC(=O)OC(C)(C)C)C(=O)N(C)OC. The van der Waals surface area contributed by atoms with Crippen molar-refractivity contribution < 1.29 is 23.9 Å². The van der Waals surface area contributed by atoms with Crippen LogP contribution in [-0.2, 0) is 19.1 Å². The maximum absolute atomic E-state index is 11.8. The smallest absolute Gasteiger partial charge is 0.408 e. The first kappa shape index (κ1) is 16.7. The molecule has 0 rings (SSSR count). The Hall–Kier alpha value is -1.34. The zero-order valence-corrected chi connectivity index (χ0v) is 11.8. The number of nitrogens with one attached hydrogen (secondary N) is 1. The number of rotatable bonds is 5. The number of alkyl carbamates (subject to hydrolysis) is 1. The molecule has 18 heavy (non-hydrogen) atoms. The maximum atomic E-state index is 11.8. The Bertz CT molecular complexity index is 288. The second-order valence-electron chi connectivity index (χ2n) is 4.67. The van der Waals surface area contributed by atoms with Gasteiger partial charge in [0.15, 0.2) is 0 Å². The van der Waals surface area contributed by atoms with E-state index in [1.807, 2.05) is 0 Å². The van der Waals surface area contributed by atoms with Crippen LogP contribution in [0.2, 0.25) is 0 Å². The van der Waals surface area contributed by atoms with Gasteiger partial charge in [0.25, 0.3) is 5.91 Å². The molecule has 0 spiro atoms. The average molecular weight is 262 g/mol. The van der Waals surface area contributed by atoms with Gasteiger partial charge in [-0.05, 0) is 20.8 Å². The van der Waals surface area contributed by atoms with Crippen molar-refractivity contribution in [2.45, 2.75) is 32.4 Å². The summed E-state index contributed by atoms with van der Waals surface area (Å²) in [4.78, 5) is 28.1. The fourth-order valence-electron chi connectivity index (χ4n) is 1.10. The lowest BCUT2D eigenvalue weighted by Crippen LogP contribution is -2.50. The van der Waals surface area contributed by atoms with Crippen LogP contribution in [0.1, 0.15) is 20.8 Å². The summed E-state index contributed by atoms with van der Waals surface area (Å²) < 4.78 is 9.94. The van der Waals surface area contributed by atoms with E-state index in [2.05, 4.69) is 5.32 Å². The molecule has 0 heterocycles. The van der Waals surface area contributed by atoms with Crippen LogP contribution in [0.25, 0.3) is 0 Å². The van der Waals surface area contributed by atoms with E-state index in [1.165, 1.54) is 21.3 Å². The van der Waals surface area contributed by atoms with Crippen molar-refractivity contribution in [3.05, 3.63) is 0 Å². The number of methoxy groups -OCH3 is 1. The molecule has 7 heteroatoms. The van der Waals surface area contributed by atoms with E-state index in [4.69, 9.17) is 14.3 Å². The Morgan fingerprint density at radius 1 is 1.28 bits per heavy atom. The molecule has 0 radical (unpaired) electrons. The molecule has 1 atom stereocenters. The molecule has 0 aliphatic heterocycles. The third-order valence-corrected chi connectivity index (χ3v) is 1.91. The van der Waals surface area contributed by atoms with Gasteiger partial charge in [0.05, 0.1) is 13.7 Å². The van der Waals surface area contributed by atoms with Crippen LogP contribution in [0, 0.1) is 0 Å². The van der Waals surface area contributed by atoms with Gasteiger partial charge in [-0.25, -0.2) is 9.86 Å². The van der Waals surface area contributed by atoms with E-state index in [0.717, 1.165) is 5.06 Å². The summed E-state index contributed by atoms with van der Waals surface area (Å²) in [6.07, 6.45) is -0.678. The second-order valence-corrected chi connectivity index (χ2v) is 4.67. The molecule has 0 aromatic rings. The summed E-state index contributed by atoms with van der Waals surface area (Å²) >= 11 is 0. The Labute approximate surface area is 107 Å². The molecule has 0 aromatic carbocycles. The fraction of sp³-hybridized carbons (Fsp3) is 0.818. The lowest BCUT2D eigenvalue weighted by Gasteiger charge is -2.24. The van der Waals surface area contributed by atoms with Gasteiger partial charge in [-0.1, -0.05) is 0 Å². The first-order valence-electron chi connectivity index (χ1n) is 5.51. The standard InChI is InChI=1S/C11H22N2O5/c1-11(2,3)18-10(15)12-8(7-16-5)9(14)13(4)17-6/h8H,7H2,1-6H3,(H,12,15)/t8-/m1/s1. The molecule has 7 nitrogen and oxygen atoms in total. The van der Waals surface area contributed by atoms with Crippen LogP contribution in [0.5, 0.6) is 0 Å². The monoisotopic (exact) mass is 262 g/mol. The number of carbonyl (C=O) groups is 2. The Morgan fingerprint density at radius 2 is 1.83 bits per heavy atom. The van der Waals surface area contributed by atoms with Gasteiger partial charge in [-0.2, -0.15) is 0 Å². The third-order valence-electron chi connectivity index (χ3n) is 1.91. The van der Waals surface area contributed by atoms with E-state index in [9.17, 15) is 9.59 Å². The molecule has 0 saturated heterocycles. The number of nitrogens with zero attached hydrogens (tertiary/aromatic N) is 1. The number of carbonyl (C=O) groups excluding carboxylic acids is 2. The largest absolute Gasteiger partial charge is 0.444 e. The molecule has 0 aromatic heterocycles. The highest BCUT2D eigenvalue weighted by Crippen LogP contribution is 2.07. The molecule has 0 saturated carbocycles. The van der Waals surface area contributed by atoms with Crippen LogP contribution in [0.15, 0.2) is 0 Å². The Kier molecular flexibility index (Phi) is 6.64. The van der Waals surface area contributed by atoms with E-state index < -0.39 is 23.6 Å². The molecule has 2 amide bonds. The minimum absolute atomic E-state index is 0.0335. The van der Waals surface area contributed by atoms with Gasteiger partial charge in [-0.15, -0.1) is 0 Å². The highest BCUT2D eigenvalue weighted by molar-refractivity contribution is 5.85. The predicted molar refractivity (Wildman–Crippen MR) is 64.8 cm³/mol. The van der Waals surface area contributed by atoms with Crippen molar-refractivity contribution in [2.24, 2.45) is 0 Å². The van der Waals surface area contributed by atoms with Gasteiger partial charge in [0, 0.05) is 14.2 Å². The topological polar surface area (TPSA) is 77.1 Å². The van der Waals surface area contributed by atoms with E-state index in [1.54, 1.807) is 20.8 Å². The van der Waals surface area contributed by atoms with Crippen molar-refractivity contribution in [3.63, 3.8) is 0 Å². The minimum Gasteiger partial charge on any atom is -0.444 e. The number of hydroxylamine groups is 2. The second kappa shape index (κ2) is 7.17. The zero-order valence-electron chi connectivity index (χ0n) is 11.8. The lowest BCUT2D eigenvalue weighted by molar-refractivity contribution is -0.172. The van der Waals surface area contributed by atoms with Gasteiger partial charge in [-0.3, -0.25) is 9.63 Å². The van der Waals surface area contributed by atoms with Gasteiger partial charge < -0.3 is 14.8 Å². The van der Waals surface area contributed by atoms with Crippen LogP contribution in [0.4, 0.5) is 4.79 Å². The van der Waals surface area contributed by atoms with Crippen molar-refractivity contribution >= 4 is 12.0 Å². The molecule has 0 bridgehead atoms. The van der Waals surface area contributed by atoms with Crippen molar-refractivity contribution in [1.82, 2.24) is 10.4 Å². The Morgan fingerprint density at radius 3 is 2.22 bits per heavy atom. The molecule has 106 valence electrons. The van der Waals surface area contributed by atoms with Crippen LogP contribution in [-0.4, -0.2) is 56.6 Å². The third kappa shape index (κ3) is 6.41. The lowest BCUT2D eigenvalue weighted by atomic mass is 10.2. The molecule has 0 aliphatic carbocycles. The highest BCUT2D eigenvalue weighted by Gasteiger charge is 2.26. The van der Waals surface area contributed by atoms with E-state index >= 15 is 0 Å². The summed E-state index contributed by atoms with van der Waals surface area (Å²) in [5.74, 6) is -0.426. The molecule has 0 fully saturated rings. The van der Waals surface area contributed by atoms with Gasteiger partial charge in [0.2, 0.25) is 0 Å². The number of amides is 2. The molecule has 1 N–H and O–H groups in total. The summed E-state index contributed by atoms with van der Waals surface area (Å²) in [6.45, 7) is 5.24. The van der Waals surface area contributed by atoms with Crippen LogP contribution >= 0.6 is 0 Å². The Balaban J connectivity index is 4.53. The summed E-state index contributed by atoms with van der Waals surface area (Å²) in [5.41, 5.74) is -0.627. The molecular weight excluding hydrogens is 240 g/mol. The number of hydrogen-bond donors (Lipinski definition) is 1. The van der Waals surface area contributed by atoms with E-state index in [0.29, 0.717) is 0 Å². The fourth-order valence-corrected chi connectivity index (χ4v) is 1.10. The van der Waals surface area contributed by atoms with E-state index in [-0.39, 0.29) is 6.61 Å². The molecule has 0 aliphatic rings. The van der Waals surface area contributed by atoms with Crippen molar-refractivity contribution in [1.29, 1.82) is 0 Å². The predicted octanol–water partition coefficient (Wildman–Crippen LogP) is 0.546. The molecule has 0 unspecified atom stereocenters. The first-order valence-corrected chi connectivity index (χ1v) is 5.51. The summed E-state index contributed by atoms with van der Waals surface area (Å²) in [5, 5.41) is 3.45. The average Bonchev–Trinajstić information content (AvgIpc) is 2.23. The number of ether oxygens (including phenoxy) is 2. The summed E-state index contributed by atoms with van der Waals surface area (Å²) in [6, 6.07) is -0.852. The van der Waals surface area contributed by atoms with Crippen LogP contribution in [0.3, 0.4) is 0 Å². The van der Waals surface area contributed by atoms with Gasteiger partial charge in [0.1, 0.15) is 11.6 Å². The highest BCUT2D eigenvalue weighted by atomic mass is 16.7. The van der Waals surface area contributed by atoms with Crippen LogP contribution < -0.4 is 5.32 Å². The number of likely N-dealkylation sites (N-methyl/N-ethyl adjacent to an activating group) is 1. The van der Waals surface area contributed by atoms with Crippen molar-refractivity contribution in [2.75, 3.05) is 27.9 Å². The minimum atomic E-state index is -0.852. The summed E-state index contributed by atoms with van der Waals surface area (Å²) in [7, 11) is 4.24. The first-order chi connectivity index (χ1) is 8.21.